The van der Waals surface area contributed by atoms with Gasteiger partial charge in [-0.15, -0.1) is 0 Å². The van der Waals surface area contributed by atoms with Crippen LogP contribution in [0.4, 0.5) is 0 Å². The molecule has 0 aromatic carbocycles. The van der Waals surface area contributed by atoms with E-state index in [-0.39, 0.29) is 28.7 Å². The molecule has 3 rings (SSSR count). The number of likely N-dealkylation sites (N-methyl/N-ethyl adjacent to an activating group) is 1. The van der Waals surface area contributed by atoms with E-state index in [9.17, 15) is 14.4 Å². The van der Waals surface area contributed by atoms with E-state index in [0.29, 0.717) is 4.90 Å². The smallest absolute Gasteiger partial charge is 0.346 e. The molecule has 0 bridgehead atoms. The molecule has 2 aliphatic heterocycles. The highest BCUT2D eigenvalue weighted by atomic mass is 16.5. The molecule has 2 amide bonds. The third-order valence-corrected chi connectivity index (χ3v) is 3.24. The summed E-state index contributed by atoms with van der Waals surface area (Å²) < 4.78 is 5.11. The second kappa shape index (κ2) is 4.23. The average Bonchev–Trinajstić information content (AvgIpc) is 2.87. The van der Waals surface area contributed by atoms with Gasteiger partial charge in [-0.3, -0.25) is 20.0 Å². The molecule has 1 saturated heterocycles. The molecule has 1 aromatic heterocycles. The lowest BCUT2D eigenvalue weighted by atomic mass is 10.2. The van der Waals surface area contributed by atoms with Gasteiger partial charge in [0, 0.05) is 20.2 Å². The van der Waals surface area contributed by atoms with Gasteiger partial charge < -0.3 is 9.64 Å². The maximum Gasteiger partial charge on any atom is 0.346 e. The molecule has 0 spiro atoms. The van der Waals surface area contributed by atoms with Crippen LogP contribution in [-0.2, 0) is 14.3 Å². The summed E-state index contributed by atoms with van der Waals surface area (Å²) in [6.45, 7) is 1.18. The number of cyclic esters (lactones) is 1. The van der Waals surface area contributed by atoms with Crippen LogP contribution in [0.3, 0.4) is 0 Å². The van der Waals surface area contributed by atoms with Crippen molar-refractivity contribution in [2.75, 3.05) is 7.05 Å². The molecule has 8 heteroatoms. The molecule has 1 aromatic rings. The van der Waals surface area contributed by atoms with Crippen molar-refractivity contribution >= 4 is 29.5 Å². The fourth-order valence-electron chi connectivity index (χ4n) is 2.25. The second-order valence-corrected chi connectivity index (χ2v) is 4.51. The Labute approximate surface area is 119 Å². The summed E-state index contributed by atoms with van der Waals surface area (Å²) >= 11 is 0. The van der Waals surface area contributed by atoms with Crippen LogP contribution in [0.1, 0.15) is 23.0 Å². The zero-order chi connectivity index (χ0) is 15.3. The molecule has 0 unspecified atom stereocenters. The van der Waals surface area contributed by atoms with E-state index in [1.54, 1.807) is 6.07 Å². The summed E-state index contributed by atoms with van der Waals surface area (Å²) in [5.74, 6) is -2.24. The molecule has 0 radical (unpaired) electrons. The van der Waals surface area contributed by atoms with Crippen LogP contribution in [0, 0.1) is 5.41 Å². The Hall–Kier alpha value is -3.03. The number of hydrogen-bond donors (Lipinski definition) is 1. The van der Waals surface area contributed by atoms with Gasteiger partial charge in [0.25, 0.3) is 5.91 Å². The van der Waals surface area contributed by atoms with Crippen molar-refractivity contribution in [2.45, 2.75) is 6.92 Å². The SMILES string of the molecule is CC(=O)N1C(=N)N(C)/C(=C2/OC(=O)c3cccnc32)C1=O. The fraction of sp³-hybridized carbons (Fsp3) is 0.154. The summed E-state index contributed by atoms with van der Waals surface area (Å²) in [4.78, 5) is 41.5. The third kappa shape index (κ3) is 1.65. The number of carbonyl (C=O) groups is 3. The molecule has 0 saturated carbocycles. The first-order valence-corrected chi connectivity index (χ1v) is 6.02. The highest BCUT2D eigenvalue weighted by Crippen LogP contribution is 2.34. The molecule has 1 fully saturated rings. The van der Waals surface area contributed by atoms with Crippen molar-refractivity contribution in [3.8, 4) is 0 Å². The van der Waals surface area contributed by atoms with Crippen LogP contribution < -0.4 is 0 Å². The predicted molar refractivity (Wildman–Crippen MR) is 69.6 cm³/mol. The number of imide groups is 1. The van der Waals surface area contributed by atoms with Crippen molar-refractivity contribution < 1.29 is 19.1 Å². The summed E-state index contributed by atoms with van der Waals surface area (Å²) in [5.41, 5.74) is 0.422. The second-order valence-electron chi connectivity index (χ2n) is 4.51. The first-order chi connectivity index (χ1) is 9.93. The van der Waals surface area contributed by atoms with Gasteiger partial charge in [-0.1, -0.05) is 0 Å². The minimum atomic E-state index is -0.712. The van der Waals surface area contributed by atoms with Gasteiger partial charge in [0.05, 0.1) is 5.56 Å². The van der Waals surface area contributed by atoms with Crippen molar-refractivity contribution in [1.82, 2.24) is 14.8 Å². The number of nitrogens with zero attached hydrogens (tertiary/aromatic N) is 3. The van der Waals surface area contributed by atoms with Gasteiger partial charge in [0.1, 0.15) is 5.69 Å². The topological polar surface area (TPSA) is 104 Å². The van der Waals surface area contributed by atoms with E-state index >= 15 is 0 Å². The van der Waals surface area contributed by atoms with Gasteiger partial charge in [0.15, 0.2) is 11.5 Å². The summed E-state index contributed by atoms with van der Waals surface area (Å²) in [6.07, 6.45) is 1.47. The Morgan fingerprint density at radius 1 is 1.38 bits per heavy atom. The van der Waals surface area contributed by atoms with Crippen LogP contribution in [0.5, 0.6) is 0 Å². The fourth-order valence-corrected chi connectivity index (χ4v) is 2.25. The van der Waals surface area contributed by atoms with E-state index in [0.717, 1.165) is 0 Å². The van der Waals surface area contributed by atoms with E-state index in [2.05, 4.69) is 4.98 Å². The highest BCUT2D eigenvalue weighted by Gasteiger charge is 2.44. The van der Waals surface area contributed by atoms with E-state index in [1.165, 1.54) is 31.1 Å². The van der Waals surface area contributed by atoms with E-state index < -0.39 is 17.8 Å². The van der Waals surface area contributed by atoms with Crippen LogP contribution in [-0.4, -0.2) is 45.6 Å². The number of fused-ring (bicyclic) bond motifs is 1. The normalized spacial score (nSPS) is 21.0. The number of guanidine groups is 1. The number of amides is 2. The molecule has 21 heavy (non-hydrogen) atoms. The molecule has 2 aliphatic rings. The largest absolute Gasteiger partial charge is 0.418 e. The zero-order valence-corrected chi connectivity index (χ0v) is 11.2. The lowest BCUT2D eigenvalue weighted by molar-refractivity contribution is -0.135. The number of nitrogens with one attached hydrogen (secondary N) is 1. The van der Waals surface area contributed by atoms with E-state index in [1.807, 2.05) is 0 Å². The maximum atomic E-state index is 12.3. The minimum absolute atomic E-state index is 0.0309. The first-order valence-electron chi connectivity index (χ1n) is 6.02. The summed E-state index contributed by atoms with van der Waals surface area (Å²) in [5, 5.41) is 7.82. The van der Waals surface area contributed by atoms with Gasteiger partial charge >= 0.3 is 5.97 Å². The summed E-state index contributed by atoms with van der Waals surface area (Å²) in [7, 11) is 1.44. The molecule has 0 aliphatic carbocycles. The van der Waals surface area contributed by atoms with Crippen LogP contribution in [0.2, 0.25) is 0 Å². The van der Waals surface area contributed by atoms with Crippen molar-refractivity contribution in [2.24, 2.45) is 0 Å². The Morgan fingerprint density at radius 3 is 2.71 bits per heavy atom. The van der Waals surface area contributed by atoms with Gasteiger partial charge in [0.2, 0.25) is 11.9 Å². The first kappa shape index (κ1) is 13.0. The van der Waals surface area contributed by atoms with Gasteiger partial charge in [-0.05, 0) is 12.1 Å². The highest BCUT2D eigenvalue weighted by molar-refractivity contribution is 6.24. The monoisotopic (exact) mass is 286 g/mol. The van der Waals surface area contributed by atoms with E-state index in [4.69, 9.17) is 10.1 Å². The third-order valence-electron chi connectivity index (χ3n) is 3.24. The predicted octanol–water partition coefficient (Wildman–Crippen LogP) is 0.176. The van der Waals surface area contributed by atoms with Gasteiger partial charge in [-0.2, -0.15) is 0 Å². The van der Waals surface area contributed by atoms with Crippen molar-refractivity contribution in [3.05, 3.63) is 35.3 Å². The number of aromatic nitrogens is 1. The number of hydrogen-bond acceptors (Lipinski definition) is 6. The number of carbonyl (C=O) groups excluding carboxylic acids is 3. The molecule has 3 heterocycles. The quantitative estimate of drug-likeness (QED) is 0.539. The standard InChI is InChI=1S/C13H10N4O4/c1-6(18)17-11(19)9(16(2)13(17)14)10-8-7(12(20)21-10)4-3-5-15-8/h3-5,14H,1-2H3/b10-9+,14-13?. The maximum absolute atomic E-state index is 12.3. The van der Waals surface area contributed by atoms with Crippen LogP contribution in [0.25, 0.3) is 5.76 Å². The molecule has 106 valence electrons. The van der Waals surface area contributed by atoms with Crippen LogP contribution in [0.15, 0.2) is 24.0 Å². The number of ether oxygens (including phenoxy) is 1. The Morgan fingerprint density at radius 2 is 2.10 bits per heavy atom. The Bertz CT molecular complexity index is 752. The molecule has 8 nitrogen and oxygen atoms in total. The van der Waals surface area contributed by atoms with Crippen LogP contribution >= 0.6 is 0 Å². The molecular formula is C13H10N4O4. The molecule has 1 N–H and O–H groups in total. The van der Waals surface area contributed by atoms with Crippen molar-refractivity contribution in [3.63, 3.8) is 0 Å². The number of esters is 1. The molecular weight excluding hydrogens is 276 g/mol. The minimum Gasteiger partial charge on any atom is -0.418 e. The Kier molecular flexibility index (Phi) is 2.62. The van der Waals surface area contributed by atoms with Gasteiger partial charge in [-0.25, -0.2) is 9.69 Å². The number of rotatable bonds is 0. The Balaban J connectivity index is 2.21. The van der Waals surface area contributed by atoms with Crippen molar-refractivity contribution in [1.29, 1.82) is 5.41 Å². The number of pyridine rings is 1. The lowest BCUT2D eigenvalue weighted by Gasteiger charge is -2.12. The lowest BCUT2D eigenvalue weighted by Crippen LogP contribution is -2.36. The average molecular weight is 286 g/mol. The zero-order valence-electron chi connectivity index (χ0n) is 11.2. The molecule has 0 atom stereocenters. The summed E-state index contributed by atoms with van der Waals surface area (Å²) in [6, 6.07) is 3.11.